The molecule has 0 spiro atoms. The van der Waals surface area contributed by atoms with Gasteiger partial charge in [-0.2, -0.15) is 0 Å². The minimum atomic E-state index is -0.935. The van der Waals surface area contributed by atoms with E-state index in [0.717, 1.165) is 0 Å². The smallest absolute Gasteiger partial charge is 0.330 e. The van der Waals surface area contributed by atoms with Gasteiger partial charge in [-0.25, -0.2) is 9.59 Å². The van der Waals surface area contributed by atoms with Crippen LogP contribution in [-0.2, 0) is 9.59 Å². The maximum Gasteiger partial charge on any atom is 0.330 e. The van der Waals surface area contributed by atoms with Gasteiger partial charge >= 0.3 is 11.9 Å². The van der Waals surface area contributed by atoms with E-state index < -0.39 is 11.9 Å². The van der Waals surface area contributed by atoms with E-state index >= 15 is 0 Å². The molecule has 0 unspecified atom stereocenters. The number of hydrogen-bond donors (Lipinski definition) is 2. The molecule has 0 aromatic rings. The normalized spacial score (nSPS) is 19.9. The third-order valence-corrected chi connectivity index (χ3v) is 9.73. The van der Waals surface area contributed by atoms with Crippen LogP contribution >= 0.6 is 0 Å². The van der Waals surface area contributed by atoms with Gasteiger partial charge in [0, 0.05) is 11.1 Å². The second kappa shape index (κ2) is 41.6. The summed E-state index contributed by atoms with van der Waals surface area (Å²) in [5.41, 5.74) is 0.352. The Bertz CT molecular complexity index is 479. The molecule has 3 rings (SSSR count). The number of hydrogen-bond acceptors (Lipinski definition) is 2. The first-order valence-corrected chi connectivity index (χ1v) is 21.1. The molecule has 0 atom stereocenters. The van der Waals surface area contributed by atoms with Crippen molar-refractivity contribution in [2.24, 2.45) is 0 Å². The number of carbonyl (C=O) groups is 2. The Kier molecular flexibility index (Phi) is 42.1. The van der Waals surface area contributed by atoms with Crippen LogP contribution < -0.4 is 0 Å². The quantitative estimate of drug-likeness (QED) is 0.285. The van der Waals surface area contributed by atoms with Gasteiger partial charge in [-0.15, -0.1) is 0 Å². The van der Waals surface area contributed by atoms with E-state index in [9.17, 15) is 9.59 Å². The zero-order valence-corrected chi connectivity index (χ0v) is 32.6. The van der Waals surface area contributed by atoms with Crippen molar-refractivity contribution in [2.75, 3.05) is 0 Å². The molecule has 48 heavy (non-hydrogen) atoms. The van der Waals surface area contributed by atoms with Crippen LogP contribution in [0.15, 0.2) is 24.3 Å². The van der Waals surface area contributed by atoms with Crippen molar-refractivity contribution in [3.63, 3.8) is 0 Å². The highest BCUT2D eigenvalue weighted by Crippen LogP contribution is 2.18. The average Bonchev–Trinajstić information content (AvgIpc) is 3.03. The zero-order chi connectivity index (χ0) is 35.8. The fourth-order valence-electron chi connectivity index (χ4n) is 6.36. The summed E-state index contributed by atoms with van der Waals surface area (Å²) in [6, 6.07) is 0. The lowest BCUT2D eigenvalue weighted by atomic mass is 10.0. The van der Waals surface area contributed by atoms with E-state index in [2.05, 4.69) is 13.2 Å². The molecule has 0 aromatic heterocycles. The van der Waals surface area contributed by atoms with Gasteiger partial charge in [-0.3, -0.25) is 0 Å². The number of aliphatic carboxylic acids is 2. The minimum Gasteiger partial charge on any atom is -0.478 e. The fourth-order valence-corrected chi connectivity index (χ4v) is 6.36. The van der Waals surface area contributed by atoms with Crippen molar-refractivity contribution in [2.45, 2.75) is 245 Å². The average molecular weight is 677 g/mol. The van der Waals surface area contributed by atoms with Crippen molar-refractivity contribution >= 4 is 11.9 Å². The predicted molar refractivity (Wildman–Crippen MR) is 211 cm³/mol. The maximum atomic E-state index is 9.60. The Labute approximate surface area is 300 Å². The summed E-state index contributed by atoms with van der Waals surface area (Å²) in [4.78, 5) is 19.2. The number of carboxylic acid groups (broad SMARTS) is 2. The van der Waals surface area contributed by atoms with Crippen LogP contribution in [0.2, 0.25) is 0 Å². The molecule has 3 fully saturated rings. The van der Waals surface area contributed by atoms with Gasteiger partial charge in [0.05, 0.1) is 0 Å². The second-order valence-electron chi connectivity index (χ2n) is 14.9. The van der Waals surface area contributed by atoms with E-state index in [1.54, 1.807) is 0 Å². The highest BCUT2D eigenvalue weighted by Gasteiger charge is 1.98. The van der Waals surface area contributed by atoms with Crippen LogP contribution in [0.4, 0.5) is 0 Å². The van der Waals surface area contributed by atoms with Crippen LogP contribution in [-0.4, -0.2) is 22.2 Å². The molecule has 2 N–H and O–H groups in total. The Morgan fingerprint density at radius 2 is 0.312 bits per heavy atom. The third kappa shape index (κ3) is 46.5. The summed E-state index contributed by atoms with van der Waals surface area (Å²) < 4.78 is 0. The summed E-state index contributed by atoms with van der Waals surface area (Å²) >= 11 is 0. The van der Waals surface area contributed by atoms with E-state index in [0.29, 0.717) is 0 Å². The molecule has 0 heterocycles. The largest absolute Gasteiger partial charge is 0.478 e. The van der Waals surface area contributed by atoms with Gasteiger partial charge in [-0.1, -0.05) is 244 Å². The first-order chi connectivity index (χ1) is 23.3. The van der Waals surface area contributed by atoms with Crippen molar-refractivity contribution in [3.05, 3.63) is 24.3 Å². The maximum absolute atomic E-state index is 9.60. The number of carboxylic acids is 2. The summed E-state index contributed by atoms with van der Waals surface area (Å²) in [6.07, 6.45) is 54.0. The number of rotatable bonds is 2. The SMILES string of the molecule is C1CCCCCCCCCCC1.C1CCCCCCCCCCC1.C1CCCCCCCCCCC1.C=C(C)C(=O)O.C=C(C)C(=O)O. The Morgan fingerprint density at radius 1 is 0.271 bits per heavy atom. The van der Waals surface area contributed by atoms with Crippen molar-refractivity contribution in [1.29, 1.82) is 0 Å². The lowest BCUT2D eigenvalue weighted by Crippen LogP contribution is -1.92. The van der Waals surface area contributed by atoms with Crippen LogP contribution in [0.3, 0.4) is 0 Å². The summed E-state index contributed by atoms with van der Waals surface area (Å²) in [6.45, 7) is 9.20. The van der Waals surface area contributed by atoms with E-state index in [-0.39, 0.29) is 11.1 Å². The van der Waals surface area contributed by atoms with Crippen molar-refractivity contribution in [3.8, 4) is 0 Å². The second-order valence-corrected chi connectivity index (χ2v) is 14.9. The van der Waals surface area contributed by atoms with Gasteiger partial charge in [0.1, 0.15) is 0 Å². The third-order valence-electron chi connectivity index (χ3n) is 9.73. The molecule has 0 aliphatic heterocycles. The molecule has 0 bridgehead atoms. The molecule has 3 saturated carbocycles. The Morgan fingerprint density at radius 3 is 0.333 bits per heavy atom. The standard InChI is InChI=1S/3C12H24.2C4H6O2/c3*1-2-4-6-8-10-12-11-9-7-5-3-1;2*1-3(2)4(5)6/h3*1-12H2;2*1H2,2H3,(H,5,6). The van der Waals surface area contributed by atoms with Crippen LogP contribution in [0, 0.1) is 0 Å². The minimum absolute atomic E-state index is 0.176. The lowest BCUT2D eigenvalue weighted by Gasteiger charge is -2.05. The first kappa shape index (κ1) is 48.5. The van der Waals surface area contributed by atoms with Gasteiger partial charge in [0.15, 0.2) is 0 Å². The molecule has 3 aliphatic rings. The fraction of sp³-hybridized carbons (Fsp3) is 0.864. The zero-order valence-electron chi connectivity index (χ0n) is 32.6. The van der Waals surface area contributed by atoms with Gasteiger partial charge in [0.25, 0.3) is 0 Å². The predicted octanol–water partition coefficient (Wildman–Crippen LogP) is 15.3. The molecule has 4 nitrogen and oxygen atoms in total. The Balaban J connectivity index is 0. The molecule has 284 valence electrons. The van der Waals surface area contributed by atoms with Crippen LogP contribution in [0.25, 0.3) is 0 Å². The lowest BCUT2D eigenvalue weighted by molar-refractivity contribution is -0.133. The van der Waals surface area contributed by atoms with Crippen molar-refractivity contribution < 1.29 is 19.8 Å². The highest BCUT2D eigenvalue weighted by molar-refractivity contribution is 5.85. The highest BCUT2D eigenvalue weighted by atomic mass is 16.4. The van der Waals surface area contributed by atoms with Gasteiger partial charge < -0.3 is 10.2 Å². The van der Waals surface area contributed by atoms with Crippen LogP contribution in [0.5, 0.6) is 0 Å². The summed E-state index contributed by atoms with van der Waals surface area (Å²) in [5.74, 6) is -1.87. The van der Waals surface area contributed by atoms with E-state index in [1.165, 1.54) is 245 Å². The topological polar surface area (TPSA) is 74.6 Å². The summed E-state index contributed by atoms with van der Waals surface area (Å²) in [5, 5.41) is 15.8. The molecular weight excluding hydrogens is 592 g/mol. The molecule has 0 radical (unpaired) electrons. The Hall–Kier alpha value is -1.58. The molecule has 0 aromatic carbocycles. The van der Waals surface area contributed by atoms with Crippen LogP contribution in [0.1, 0.15) is 245 Å². The molecule has 0 saturated heterocycles. The van der Waals surface area contributed by atoms with E-state index in [1.807, 2.05) is 0 Å². The molecule has 4 heteroatoms. The van der Waals surface area contributed by atoms with Crippen molar-refractivity contribution in [1.82, 2.24) is 0 Å². The molecular formula is C44H84O4. The molecule has 0 amide bonds. The monoisotopic (exact) mass is 677 g/mol. The molecule has 3 aliphatic carbocycles. The summed E-state index contributed by atoms with van der Waals surface area (Å²) in [7, 11) is 0. The van der Waals surface area contributed by atoms with Gasteiger partial charge in [-0.05, 0) is 13.8 Å². The van der Waals surface area contributed by atoms with E-state index in [4.69, 9.17) is 10.2 Å². The van der Waals surface area contributed by atoms with Gasteiger partial charge in [0.2, 0.25) is 0 Å². The first-order valence-electron chi connectivity index (χ1n) is 21.1.